The molecule has 0 radical (unpaired) electrons. The zero-order valence-corrected chi connectivity index (χ0v) is 27.2. The molecule has 0 aromatic heterocycles. The van der Waals surface area contributed by atoms with E-state index >= 15 is 0 Å². The molecule has 0 amide bonds. The lowest BCUT2D eigenvalue weighted by Gasteiger charge is -2.12. The van der Waals surface area contributed by atoms with Crippen LogP contribution in [-0.4, -0.2) is 74.5 Å². The smallest absolute Gasteiger partial charge is 0.335 e. The van der Waals surface area contributed by atoms with Crippen molar-refractivity contribution in [3.05, 3.63) is 57.6 Å². The molecule has 0 aliphatic carbocycles. The average molecular weight is 704 g/mol. The van der Waals surface area contributed by atoms with Gasteiger partial charge < -0.3 is 14.8 Å². The summed E-state index contributed by atoms with van der Waals surface area (Å²) in [5.41, 5.74) is 3.01. The van der Waals surface area contributed by atoms with Crippen LogP contribution in [0.5, 0.6) is 0 Å². The second-order valence-corrected chi connectivity index (χ2v) is 15.6. The van der Waals surface area contributed by atoms with Gasteiger partial charge >= 0.3 is 5.97 Å². The monoisotopic (exact) mass is 702 g/mol. The van der Waals surface area contributed by atoms with Gasteiger partial charge in [0.15, 0.2) is 19.7 Å². The van der Waals surface area contributed by atoms with E-state index in [1.807, 2.05) is 0 Å². The first-order valence-corrected chi connectivity index (χ1v) is 18.6. The number of benzene rings is 2. The van der Waals surface area contributed by atoms with Crippen LogP contribution < -0.4 is 0 Å². The molecule has 4 rings (SSSR count). The van der Waals surface area contributed by atoms with Gasteiger partial charge in [0, 0.05) is 63.4 Å². The number of halogens is 3. The van der Waals surface area contributed by atoms with Crippen molar-refractivity contribution in [2.45, 2.75) is 36.5 Å². The van der Waals surface area contributed by atoms with Gasteiger partial charge in [-0.05, 0) is 60.8 Å². The Hall–Kier alpha value is -2.56. The highest BCUT2D eigenvalue weighted by molar-refractivity contribution is 8.26. The Morgan fingerprint density at radius 2 is 1.17 bits per heavy atom. The van der Waals surface area contributed by atoms with E-state index in [1.165, 1.54) is 24.3 Å². The summed E-state index contributed by atoms with van der Waals surface area (Å²) < 4.78 is 56.3. The minimum Gasteiger partial charge on any atom is -0.478 e. The number of rotatable bonds is 6. The van der Waals surface area contributed by atoms with Crippen molar-refractivity contribution in [3.63, 3.8) is 0 Å². The molecule has 2 heterocycles. The Kier molecular flexibility index (Phi) is 12.5. The fourth-order valence-electron chi connectivity index (χ4n) is 4.12. The van der Waals surface area contributed by atoms with Crippen LogP contribution in [0.25, 0.3) is 0 Å². The number of hydrogen-bond acceptors (Lipinski definition) is 11. The van der Waals surface area contributed by atoms with Crippen LogP contribution in [0, 0.1) is 13.8 Å². The Bertz CT molecular complexity index is 1580. The lowest BCUT2D eigenvalue weighted by atomic mass is 9.97. The van der Waals surface area contributed by atoms with Crippen LogP contribution >= 0.6 is 33.0 Å². The zero-order chi connectivity index (χ0) is 32.0. The van der Waals surface area contributed by atoms with Gasteiger partial charge in [-0.3, -0.25) is 4.79 Å². The Morgan fingerprint density at radius 1 is 0.810 bits per heavy atom. The summed E-state index contributed by atoms with van der Waals surface area (Å²) in [5.74, 6) is -1.10. The molecule has 2 aromatic carbocycles. The highest BCUT2D eigenvalue weighted by Crippen LogP contribution is 2.28. The number of carbonyl (C=O) groups excluding carboxylic acids is 1. The maximum atomic E-state index is 11.8. The molecule has 0 atom stereocenters. The van der Waals surface area contributed by atoms with Crippen molar-refractivity contribution in [1.29, 1.82) is 0 Å². The van der Waals surface area contributed by atoms with E-state index in [1.54, 1.807) is 13.8 Å². The maximum absolute atomic E-state index is 11.8. The number of nitrogens with zero attached hydrogens (tertiary/aromatic N) is 2. The quantitative estimate of drug-likeness (QED) is 0.429. The SMILES string of the molecule is Cc1c(C(=O)Cl)ccc(S(C)(=O)=O)c1C1=NOCC1.Cc1c(C(=O)O)ccc(S(C)(=O)=O)c1C1=NOCC1.O=S(Cl)Cl. The molecule has 0 unspecified atom stereocenters. The van der Waals surface area contributed by atoms with E-state index in [2.05, 4.69) is 31.7 Å². The molecule has 18 heteroatoms. The Balaban J connectivity index is 0.000000261. The second kappa shape index (κ2) is 14.8. The van der Waals surface area contributed by atoms with Crippen LogP contribution in [0.4, 0.5) is 0 Å². The first-order valence-electron chi connectivity index (χ1n) is 11.6. The van der Waals surface area contributed by atoms with E-state index in [4.69, 9.17) is 30.6 Å². The molecule has 230 valence electrons. The molecule has 2 aromatic rings. The molecule has 0 spiro atoms. The zero-order valence-electron chi connectivity index (χ0n) is 22.5. The van der Waals surface area contributed by atoms with E-state index < -0.39 is 40.1 Å². The van der Waals surface area contributed by atoms with Gasteiger partial charge in [0.25, 0.3) is 5.24 Å². The molecule has 2 aliphatic heterocycles. The molecule has 0 fully saturated rings. The predicted molar refractivity (Wildman–Crippen MR) is 160 cm³/mol. The van der Waals surface area contributed by atoms with Gasteiger partial charge in [-0.2, -0.15) is 0 Å². The fourth-order valence-corrected chi connectivity index (χ4v) is 6.24. The van der Waals surface area contributed by atoms with Crippen molar-refractivity contribution in [3.8, 4) is 0 Å². The summed E-state index contributed by atoms with van der Waals surface area (Å²) in [4.78, 5) is 32.5. The molecule has 1 N–H and O–H groups in total. The number of carboxylic acids is 1. The summed E-state index contributed by atoms with van der Waals surface area (Å²) in [6.45, 7) is 4.00. The van der Waals surface area contributed by atoms with E-state index in [9.17, 15) is 26.4 Å². The third-order valence-corrected chi connectivity index (χ3v) is 8.36. The average Bonchev–Trinajstić information content (AvgIpc) is 3.57. The third-order valence-electron chi connectivity index (χ3n) is 5.88. The summed E-state index contributed by atoms with van der Waals surface area (Å²) >= 11 is 5.49. The van der Waals surface area contributed by atoms with Crippen LogP contribution in [0.1, 0.15) is 55.8 Å². The fraction of sp³-hybridized carbons (Fsp3) is 0.333. The Morgan fingerprint density at radius 3 is 1.45 bits per heavy atom. The normalized spacial score (nSPS) is 14.4. The predicted octanol–water partition coefficient (Wildman–Crippen LogP) is 4.17. The first kappa shape index (κ1) is 35.6. The first-order chi connectivity index (χ1) is 19.4. The van der Waals surface area contributed by atoms with Crippen LogP contribution in [0.3, 0.4) is 0 Å². The minimum atomic E-state index is -3.47. The van der Waals surface area contributed by atoms with Crippen molar-refractivity contribution < 1.29 is 45.4 Å². The van der Waals surface area contributed by atoms with Crippen LogP contribution in [0.15, 0.2) is 44.4 Å². The van der Waals surface area contributed by atoms with E-state index in [-0.39, 0.29) is 20.9 Å². The highest BCUT2D eigenvalue weighted by Gasteiger charge is 2.26. The van der Waals surface area contributed by atoms with Gasteiger partial charge in [0.1, 0.15) is 13.2 Å². The topological polar surface area (TPSA) is 183 Å². The third kappa shape index (κ3) is 9.22. The summed E-state index contributed by atoms with van der Waals surface area (Å²) in [6, 6.07) is 5.41. The van der Waals surface area contributed by atoms with E-state index in [0.29, 0.717) is 59.7 Å². The van der Waals surface area contributed by atoms with Crippen LogP contribution in [-0.2, 0) is 38.6 Å². The van der Waals surface area contributed by atoms with Crippen LogP contribution in [0.2, 0.25) is 0 Å². The van der Waals surface area contributed by atoms with Gasteiger partial charge in [-0.1, -0.05) is 10.3 Å². The minimum absolute atomic E-state index is 0.0667. The summed E-state index contributed by atoms with van der Waals surface area (Å²) in [7, 11) is 0.466. The van der Waals surface area contributed by atoms with Crippen molar-refractivity contribution in [2.75, 3.05) is 25.7 Å². The van der Waals surface area contributed by atoms with E-state index in [0.717, 1.165) is 12.5 Å². The second-order valence-electron chi connectivity index (χ2n) is 8.77. The number of hydrogen-bond donors (Lipinski definition) is 1. The molecule has 2 aliphatic rings. The summed E-state index contributed by atoms with van der Waals surface area (Å²) in [6.07, 6.45) is 3.17. The van der Waals surface area contributed by atoms with Gasteiger partial charge in [-0.25, -0.2) is 25.8 Å². The molecule has 0 saturated carbocycles. The molecule has 42 heavy (non-hydrogen) atoms. The molecule has 0 bridgehead atoms. The van der Waals surface area contributed by atoms with Gasteiger partial charge in [0.05, 0.1) is 26.8 Å². The lowest BCUT2D eigenvalue weighted by molar-refractivity contribution is 0.0695. The van der Waals surface area contributed by atoms with Crippen molar-refractivity contribution in [1.82, 2.24) is 0 Å². The summed E-state index contributed by atoms with van der Waals surface area (Å²) in [5, 5.41) is 16.1. The number of carboxylic acid groups (broad SMARTS) is 1. The molecular weight excluding hydrogens is 679 g/mol. The van der Waals surface area contributed by atoms with Crippen molar-refractivity contribution >= 4 is 84.5 Å². The number of oxime groups is 2. The largest absolute Gasteiger partial charge is 0.478 e. The Labute approximate surface area is 258 Å². The number of sulfone groups is 2. The maximum Gasteiger partial charge on any atom is 0.335 e. The van der Waals surface area contributed by atoms with Gasteiger partial charge in [0.2, 0.25) is 9.23 Å². The standard InChI is InChI=1S/C12H12ClNO4S.C12H13NO5S.Cl2OS/c1-7-8(12(13)15)3-4-10(19(2,16)17)11(7)9-5-6-18-14-9;1-7-8(12(14)15)3-4-10(19(2,16)17)11(7)9-5-6-18-13-9;1-4(2)3/h3-4H,5-6H2,1-2H3;3-4H,5-6H2,1-2H3,(H,14,15);. The highest BCUT2D eigenvalue weighted by atomic mass is 36.0. The lowest BCUT2D eigenvalue weighted by Crippen LogP contribution is -2.13. The van der Waals surface area contributed by atoms with Gasteiger partial charge in [-0.15, -0.1) is 0 Å². The number of aromatic carboxylic acids is 1. The number of carbonyl (C=O) groups is 2. The molecule has 0 saturated heterocycles. The molecular formula is C24H25Cl3N2O10S3. The molecule has 12 nitrogen and oxygen atoms in total. The van der Waals surface area contributed by atoms with Crippen molar-refractivity contribution in [2.24, 2.45) is 10.3 Å².